The molecule has 0 saturated heterocycles. The zero-order chi connectivity index (χ0) is 7.28. The Morgan fingerprint density at radius 3 is 2.22 bits per heavy atom. The molecule has 0 bridgehead atoms. The summed E-state index contributed by atoms with van der Waals surface area (Å²) in [7, 11) is 0. The minimum absolute atomic E-state index is 0.00694. The molecular formula is C7H12O2. The van der Waals surface area contributed by atoms with Gasteiger partial charge in [-0.15, -0.1) is 0 Å². The molecule has 52 valence electrons. The molecule has 9 heavy (non-hydrogen) atoms. The van der Waals surface area contributed by atoms with E-state index in [1.165, 1.54) is 6.08 Å². The summed E-state index contributed by atoms with van der Waals surface area (Å²) >= 11 is 0. The number of carbonyl (C=O) groups is 1. The van der Waals surface area contributed by atoms with Crippen molar-refractivity contribution in [1.29, 1.82) is 0 Å². The Balaban J connectivity index is 0.000000291. The van der Waals surface area contributed by atoms with Crippen LogP contribution >= 0.6 is 0 Å². The van der Waals surface area contributed by atoms with Gasteiger partial charge >= 0.3 is 5.97 Å². The number of cyclic esters (lactones) is 1. The van der Waals surface area contributed by atoms with Crippen molar-refractivity contribution in [3.63, 3.8) is 0 Å². The van der Waals surface area contributed by atoms with Gasteiger partial charge in [0.2, 0.25) is 0 Å². The van der Waals surface area contributed by atoms with Gasteiger partial charge in [0, 0.05) is 6.08 Å². The van der Waals surface area contributed by atoms with E-state index >= 15 is 0 Å². The first-order valence-electron chi connectivity index (χ1n) is 3.18. The lowest BCUT2D eigenvalue weighted by atomic mass is 10.4. The highest BCUT2D eigenvalue weighted by atomic mass is 16.5. The van der Waals surface area contributed by atoms with Gasteiger partial charge < -0.3 is 4.74 Å². The van der Waals surface area contributed by atoms with Crippen LogP contribution in [0.3, 0.4) is 0 Å². The summed E-state index contributed by atoms with van der Waals surface area (Å²) < 4.78 is 4.61. The Bertz CT molecular complexity index is 116. The van der Waals surface area contributed by atoms with E-state index in [9.17, 15) is 4.79 Å². The van der Waals surface area contributed by atoms with Crippen LogP contribution in [-0.2, 0) is 9.53 Å². The standard InChI is InChI=1S/C5H6O2.C2H6/c1-4-2-3-5(6)7-4;1-2/h2-4H,1H3;1-2H3. The van der Waals surface area contributed by atoms with Crippen LogP contribution in [0.25, 0.3) is 0 Å². The van der Waals surface area contributed by atoms with Crippen molar-refractivity contribution in [2.75, 3.05) is 0 Å². The van der Waals surface area contributed by atoms with Crippen molar-refractivity contribution in [2.24, 2.45) is 0 Å². The monoisotopic (exact) mass is 128 g/mol. The Morgan fingerprint density at radius 2 is 2.11 bits per heavy atom. The van der Waals surface area contributed by atoms with E-state index in [2.05, 4.69) is 4.74 Å². The number of esters is 1. The van der Waals surface area contributed by atoms with Gasteiger partial charge in [-0.05, 0) is 13.0 Å². The SMILES string of the molecule is CC.CC1C=CC(=O)O1. The molecule has 0 aliphatic carbocycles. The Hall–Kier alpha value is -0.790. The molecule has 0 spiro atoms. The molecule has 1 rings (SSSR count). The Labute approximate surface area is 55.5 Å². The van der Waals surface area contributed by atoms with E-state index in [1.807, 2.05) is 20.8 Å². The normalized spacial score (nSPS) is 22.6. The molecule has 1 unspecified atom stereocenters. The molecule has 0 aromatic heterocycles. The number of rotatable bonds is 0. The largest absolute Gasteiger partial charge is 0.455 e. The van der Waals surface area contributed by atoms with Crippen LogP contribution in [0.2, 0.25) is 0 Å². The number of carbonyl (C=O) groups excluding carboxylic acids is 1. The highest BCUT2D eigenvalue weighted by molar-refractivity contribution is 5.84. The van der Waals surface area contributed by atoms with Crippen LogP contribution in [0, 0.1) is 0 Å². The molecule has 1 aliphatic heterocycles. The molecule has 1 atom stereocenters. The molecule has 2 nitrogen and oxygen atoms in total. The summed E-state index contributed by atoms with van der Waals surface area (Å²) in [6, 6.07) is 0. The molecule has 0 aromatic carbocycles. The van der Waals surface area contributed by atoms with Crippen LogP contribution in [0.5, 0.6) is 0 Å². The van der Waals surface area contributed by atoms with Crippen LogP contribution in [0.1, 0.15) is 20.8 Å². The zero-order valence-corrected chi connectivity index (χ0v) is 6.05. The second-order valence-corrected chi connectivity index (χ2v) is 1.50. The number of hydrogen-bond acceptors (Lipinski definition) is 2. The first-order chi connectivity index (χ1) is 4.29. The Kier molecular flexibility index (Phi) is 3.76. The third-order valence-corrected chi connectivity index (χ3v) is 0.805. The molecule has 2 heteroatoms. The maximum absolute atomic E-state index is 10.1. The van der Waals surface area contributed by atoms with Crippen LogP contribution in [0.4, 0.5) is 0 Å². The van der Waals surface area contributed by atoms with E-state index in [4.69, 9.17) is 0 Å². The smallest absolute Gasteiger partial charge is 0.331 e. The molecular weight excluding hydrogens is 116 g/mol. The topological polar surface area (TPSA) is 26.3 Å². The quantitative estimate of drug-likeness (QED) is 0.462. The third-order valence-electron chi connectivity index (χ3n) is 0.805. The highest BCUT2D eigenvalue weighted by Gasteiger charge is 2.08. The fourth-order valence-corrected chi connectivity index (χ4v) is 0.476. The number of ether oxygens (including phenoxy) is 1. The lowest BCUT2D eigenvalue weighted by Gasteiger charge is -1.95. The molecule has 0 N–H and O–H groups in total. The van der Waals surface area contributed by atoms with Crippen molar-refractivity contribution in [3.05, 3.63) is 12.2 Å². The van der Waals surface area contributed by atoms with Crippen molar-refractivity contribution < 1.29 is 9.53 Å². The fourth-order valence-electron chi connectivity index (χ4n) is 0.476. The molecule has 1 aliphatic rings. The zero-order valence-electron chi connectivity index (χ0n) is 6.05. The summed E-state index contributed by atoms with van der Waals surface area (Å²) in [6.07, 6.45) is 3.15. The van der Waals surface area contributed by atoms with Gasteiger partial charge in [-0.2, -0.15) is 0 Å². The van der Waals surface area contributed by atoms with E-state index < -0.39 is 0 Å². The first-order valence-corrected chi connectivity index (χ1v) is 3.18. The van der Waals surface area contributed by atoms with Crippen LogP contribution in [-0.4, -0.2) is 12.1 Å². The molecule has 0 amide bonds. The second-order valence-electron chi connectivity index (χ2n) is 1.50. The van der Waals surface area contributed by atoms with E-state index in [-0.39, 0.29) is 12.1 Å². The van der Waals surface area contributed by atoms with Gasteiger partial charge in [0.1, 0.15) is 6.10 Å². The number of hydrogen-bond donors (Lipinski definition) is 0. The second kappa shape index (κ2) is 4.13. The minimum Gasteiger partial charge on any atom is -0.455 e. The first kappa shape index (κ1) is 8.21. The van der Waals surface area contributed by atoms with Gasteiger partial charge in [0.15, 0.2) is 0 Å². The molecule has 0 saturated carbocycles. The van der Waals surface area contributed by atoms with Crippen molar-refractivity contribution >= 4 is 5.97 Å². The predicted octanol–water partition coefficient (Wildman–Crippen LogP) is 1.51. The van der Waals surface area contributed by atoms with Crippen molar-refractivity contribution in [1.82, 2.24) is 0 Å². The predicted molar refractivity (Wildman–Crippen MR) is 36.0 cm³/mol. The van der Waals surface area contributed by atoms with Crippen LogP contribution in [0.15, 0.2) is 12.2 Å². The lowest BCUT2D eigenvalue weighted by molar-refractivity contribution is -0.137. The van der Waals surface area contributed by atoms with Gasteiger partial charge in [-0.3, -0.25) is 0 Å². The molecule has 1 heterocycles. The highest BCUT2D eigenvalue weighted by Crippen LogP contribution is 2.01. The third kappa shape index (κ3) is 2.90. The van der Waals surface area contributed by atoms with Crippen molar-refractivity contribution in [2.45, 2.75) is 26.9 Å². The Morgan fingerprint density at radius 1 is 1.56 bits per heavy atom. The summed E-state index contributed by atoms with van der Waals surface area (Å²) in [5.74, 6) is -0.229. The van der Waals surface area contributed by atoms with Gasteiger partial charge in [-0.1, -0.05) is 13.8 Å². The minimum atomic E-state index is -0.229. The summed E-state index contributed by atoms with van der Waals surface area (Å²) in [5, 5.41) is 0. The summed E-state index contributed by atoms with van der Waals surface area (Å²) in [4.78, 5) is 10.1. The molecule has 0 radical (unpaired) electrons. The average Bonchev–Trinajstić information content (AvgIpc) is 2.20. The summed E-state index contributed by atoms with van der Waals surface area (Å²) in [6.45, 7) is 5.82. The maximum Gasteiger partial charge on any atom is 0.331 e. The molecule has 0 fully saturated rings. The molecule has 0 aromatic rings. The van der Waals surface area contributed by atoms with Gasteiger partial charge in [0.25, 0.3) is 0 Å². The summed E-state index contributed by atoms with van der Waals surface area (Å²) in [5.41, 5.74) is 0. The fraction of sp³-hybridized carbons (Fsp3) is 0.571. The average molecular weight is 128 g/mol. The maximum atomic E-state index is 10.1. The van der Waals surface area contributed by atoms with Gasteiger partial charge in [0.05, 0.1) is 0 Å². The van der Waals surface area contributed by atoms with E-state index in [0.717, 1.165) is 0 Å². The van der Waals surface area contributed by atoms with Crippen LogP contribution < -0.4 is 0 Å². The van der Waals surface area contributed by atoms with E-state index in [1.54, 1.807) is 6.08 Å². The lowest BCUT2D eigenvalue weighted by Crippen LogP contribution is -2.00. The van der Waals surface area contributed by atoms with E-state index in [0.29, 0.717) is 0 Å². The van der Waals surface area contributed by atoms with Crippen molar-refractivity contribution in [3.8, 4) is 0 Å². The van der Waals surface area contributed by atoms with Gasteiger partial charge in [-0.25, -0.2) is 4.79 Å².